The molecule has 0 saturated heterocycles. The molecule has 5 nitrogen and oxygen atoms in total. The fourth-order valence-electron chi connectivity index (χ4n) is 1.67. The highest BCUT2D eigenvalue weighted by Gasteiger charge is 2.24. The first-order valence-corrected chi connectivity index (χ1v) is 5.53. The first-order chi connectivity index (χ1) is 9.50. The summed E-state index contributed by atoms with van der Waals surface area (Å²) in [6, 6.07) is 7.13. The average Bonchev–Trinajstić information content (AvgIpc) is 2.46. The molecular formula is C13H8F2N2O3. The van der Waals surface area contributed by atoms with Crippen molar-refractivity contribution < 1.29 is 18.5 Å². The van der Waals surface area contributed by atoms with Crippen LogP contribution in [0.2, 0.25) is 0 Å². The smallest absolute Gasteiger partial charge is 0.280 e. The molecule has 0 N–H and O–H groups in total. The predicted molar refractivity (Wildman–Crippen MR) is 65.7 cm³/mol. The van der Waals surface area contributed by atoms with E-state index in [0.29, 0.717) is 0 Å². The number of benzene rings is 1. The van der Waals surface area contributed by atoms with E-state index in [4.69, 9.17) is 0 Å². The number of hydrogen-bond donors (Lipinski definition) is 0. The Morgan fingerprint density at radius 1 is 1.25 bits per heavy atom. The van der Waals surface area contributed by atoms with Gasteiger partial charge in [-0.25, -0.2) is 8.78 Å². The van der Waals surface area contributed by atoms with Gasteiger partial charge in [0.2, 0.25) is 5.78 Å². The molecule has 0 aliphatic carbocycles. The number of nitro groups is 1. The molecule has 0 spiro atoms. The van der Waals surface area contributed by atoms with Crippen LogP contribution in [-0.4, -0.2) is 15.7 Å². The van der Waals surface area contributed by atoms with Crippen molar-refractivity contribution in [2.24, 2.45) is 0 Å². The van der Waals surface area contributed by atoms with Crippen LogP contribution < -0.4 is 0 Å². The monoisotopic (exact) mass is 278 g/mol. The van der Waals surface area contributed by atoms with Gasteiger partial charge in [-0.3, -0.25) is 19.9 Å². The molecule has 1 aromatic carbocycles. The Morgan fingerprint density at radius 2 is 2.00 bits per heavy atom. The number of aromatic nitrogens is 1. The molecule has 0 bridgehead atoms. The van der Waals surface area contributed by atoms with Gasteiger partial charge >= 0.3 is 0 Å². The van der Waals surface area contributed by atoms with Gasteiger partial charge in [-0.05, 0) is 24.3 Å². The first kappa shape index (κ1) is 13.7. The summed E-state index contributed by atoms with van der Waals surface area (Å²) < 4.78 is 25.3. The lowest BCUT2D eigenvalue weighted by atomic mass is 10.0. The highest BCUT2D eigenvalue weighted by Crippen LogP contribution is 2.27. The number of pyridine rings is 1. The minimum Gasteiger partial charge on any atom is -0.287 e. The van der Waals surface area contributed by atoms with E-state index in [9.17, 15) is 23.7 Å². The summed E-state index contributed by atoms with van der Waals surface area (Å²) >= 11 is 0. The summed E-state index contributed by atoms with van der Waals surface area (Å²) in [5.41, 5.74) is -1.41. The molecule has 0 unspecified atom stereocenters. The molecule has 1 heterocycles. The molecule has 0 atom stereocenters. The Balaban J connectivity index is 2.56. The molecule has 0 aliphatic heterocycles. The summed E-state index contributed by atoms with van der Waals surface area (Å²) in [7, 11) is 0. The molecule has 0 radical (unpaired) electrons. The standard InChI is InChI=1S/C13H8F2N2O3/c14-13(15)8-4-5-11(17(19)20)9(7-8)12(18)10-3-1-2-6-16-10/h1-7,13H. The molecule has 2 aromatic rings. The maximum atomic E-state index is 12.6. The van der Waals surface area contributed by atoms with Gasteiger partial charge in [0, 0.05) is 17.8 Å². The second-order valence-corrected chi connectivity index (χ2v) is 3.88. The fraction of sp³-hybridized carbons (Fsp3) is 0.0769. The Labute approximate surface area is 112 Å². The fourth-order valence-corrected chi connectivity index (χ4v) is 1.67. The lowest BCUT2D eigenvalue weighted by Gasteiger charge is -2.05. The quantitative estimate of drug-likeness (QED) is 0.489. The Morgan fingerprint density at radius 3 is 2.55 bits per heavy atom. The van der Waals surface area contributed by atoms with Crippen molar-refractivity contribution in [3.05, 3.63) is 69.5 Å². The van der Waals surface area contributed by atoms with Crippen LogP contribution in [0, 0.1) is 10.1 Å². The number of nitro benzene ring substituents is 1. The maximum absolute atomic E-state index is 12.6. The number of carbonyl (C=O) groups excluding carboxylic acids is 1. The third-order valence-electron chi connectivity index (χ3n) is 2.61. The molecule has 0 saturated carbocycles. The van der Waals surface area contributed by atoms with Gasteiger partial charge in [-0.2, -0.15) is 0 Å². The molecule has 7 heteroatoms. The van der Waals surface area contributed by atoms with Crippen LogP contribution in [0.15, 0.2) is 42.6 Å². The largest absolute Gasteiger partial charge is 0.287 e. The van der Waals surface area contributed by atoms with Gasteiger partial charge in [-0.1, -0.05) is 6.07 Å². The van der Waals surface area contributed by atoms with E-state index in [2.05, 4.69) is 4.98 Å². The number of alkyl halides is 2. The van der Waals surface area contributed by atoms with E-state index in [-0.39, 0.29) is 5.69 Å². The minimum absolute atomic E-state index is 0.0398. The molecular weight excluding hydrogens is 270 g/mol. The highest BCUT2D eigenvalue weighted by atomic mass is 19.3. The normalized spacial score (nSPS) is 10.6. The van der Waals surface area contributed by atoms with Gasteiger partial charge in [-0.15, -0.1) is 0 Å². The van der Waals surface area contributed by atoms with Crippen molar-refractivity contribution in [3.63, 3.8) is 0 Å². The van der Waals surface area contributed by atoms with Gasteiger partial charge in [0.05, 0.1) is 4.92 Å². The average molecular weight is 278 g/mol. The van der Waals surface area contributed by atoms with Crippen molar-refractivity contribution in [2.45, 2.75) is 6.43 Å². The van der Waals surface area contributed by atoms with E-state index in [1.807, 2.05) is 0 Å². The van der Waals surface area contributed by atoms with Gasteiger partial charge in [0.25, 0.3) is 12.1 Å². The molecule has 2 rings (SSSR count). The third-order valence-corrected chi connectivity index (χ3v) is 2.61. The Kier molecular flexibility index (Phi) is 3.79. The molecule has 1 aromatic heterocycles. The number of rotatable bonds is 4. The number of carbonyl (C=O) groups is 1. The van der Waals surface area contributed by atoms with Crippen molar-refractivity contribution in [3.8, 4) is 0 Å². The van der Waals surface area contributed by atoms with E-state index < -0.39 is 33.9 Å². The van der Waals surface area contributed by atoms with Gasteiger partial charge < -0.3 is 0 Å². The van der Waals surface area contributed by atoms with Crippen molar-refractivity contribution in [1.82, 2.24) is 4.98 Å². The second kappa shape index (κ2) is 5.52. The predicted octanol–water partition coefficient (Wildman–Crippen LogP) is 3.16. The number of nitrogens with zero attached hydrogens (tertiary/aromatic N) is 2. The maximum Gasteiger partial charge on any atom is 0.280 e. The van der Waals surface area contributed by atoms with Crippen LogP contribution >= 0.6 is 0 Å². The van der Waals surface area contributed by atoms with Gasteiger partial charge in [0.15, 0.2) is 0 Å². The minimum atomic E-state index is -2.81. The lowest BCUT2D eigenvalue weighted by molar-refractivity contribution is -0.385. The molecule has 0 amide bonds. The number of halogens is 2. The summed E-state index contributed by atoms with van der Waals surface area (Å²) in [5.74, 6) is -0.764. The third kappa shape index (κ3) is 2.66. The zero-order chi connectivity index (χ0) is 14.7. The highest BCUT2D eigenvalue weighted by molar-refractivity contribution is 6.10. The van der Waals surface area contributed by atoms with Crippen molar-refractivity contribution in [1.29, 1.82) is 0 Å². The zero-order valence-corrected chi connectivity index (χ0v) is 9.99. The topological polar surface area (TPSA) is 73.1 Å². The van der Waals surface area contributed by atoms with E-state index in [0.717, 1.165) is 18.2 Å². The zero-order valence-electron chi connectivity index (χ0n) is 9.99. The summed E-state index contributed by atoms with van der Waals surface area (Å²) in [5, 5.41) is 10.9. The van der Waals surface area contributed by atoms with Crippen molar-refractivity contribution in [2.75, 3.05) is 0 Å². The van der Waals surface area contributed by atoms with Crippen LogP contribution in [-0.2, 0) is 0 Å². The Hall–Kier alpha value is -2.70. The summed E-state index contributed by atoms with van der Waals surface area (Å²) in [6.07, 6.45) is -1.47. The first-order valence-electron chi connectivity index (χ1n) is 5.53. The van der Waals surface area contributed by atoms with Gasteiger partial charge in [0.1, 0.15) is 11.3 Å². The SMILES string of the molecule is O=C(c1ccccn1)c1cc(C(F)F)ccc1[N+](=O)[O-]. The Bertz CT molecular complexity index is 660. The lowest BCUT2D eigenvalue weighted by Crippen LogP contribution is -2.08. The molecule has 20 heavy (non-hydrogen) atoms. The van der Waals surface area contributed by atoms with Crippen LogP contribution in [0.4, 0.5) is 14.5 Å². The van der Waals surface area contributed by atoms with Crippen LogP contribution in [0.3, 0.4) is 0 Å². The van der Waals surface area contributed by atoms with E-state index in [1.54, 1.807) is 6.07 Å². The molecule has 0 fully saturated rings. The number of ketones is 1. The molecule has 102 valence electrons. The van der Waals surface area contributed by atoms with Crippen LogP contribution in [0.5, 0.6) is 0 Å². The molecule has 0 aliphatic rings. The summed E-state index contributed by atoms with van der Waals surface area (Å²) in [4.78, 5) is 26.0. The van der Waals surface area contributed by atoms with Crippen LogP contribution in [0.1, 0.15) is 28.0 Å². The second-order valence-electron chi connectivity index (χ2n) is 3.88. The van der Waals surface area contributed by atoms with E-state index in [1.165, 1.54) is 18.3 Å². The van der Waals surface area contributed by atoms with Crippen LogP contribution in [0.25, 0.3) is 0 Å². The van der Waals surface area contributed by atoms with E-state index >= 15 is 0 Å². The summed E-state index contributed by atoms with van der Waals surface area (Å²) in [6.45, 7) is 0. The van der Waals surface area contributed by atoms with Crippen molar-refractivity contribution >= 4 is 11.5 Å². The number of hydrogen-bond acceptors (Lipinski definition) is 4.